The fourth-order valence-electron chi connectivity index (χ4n) is 1.73. The third-order valence-corrected chi connectivity index (χ3v) is 3.52. The molecule has 1 amide bonds. The number of nitrogens with one attached hydrogen (secondary N) is 1. The first-order valence-electron chi connectivity index (χ1n) is 5.75. The van der Waals surface area contributed by atoms with Gasteiger partial charge in [-0.1, -0.05) is 0 Å². The van der Waals surface area contributed by atoms with Gasteiger partial charge in [0, 0.05) is 18.5 Å². The summed E-state index contributed by atoms with van der Waals surface area (Å²) in [6.07, 6.45) is 3.18. The molecular formula is C11H14N2O4S. The normalized spacial score (nSPS) is 19.4. The van der Waals surface area contributed by atoms with E-state index in [2.05, 4.69) is 10.3 Å². The summed E-state index contributed by atoms with van der Waals surface area (Å²) in [7, 11) is 0. The predicted molar refractivity (Wildman–Crippen MR) is 65.0 cm³/mol. The van der Waals surface area contributed by atoms with Gasteiger partial charge in [0.25, 0.3) is 5.91 Å². The largest absolute Gasteiger partial charge is 0.476 e. The Labute approximate surface area is 108 Å². The summed E-state index contributed by atoms with van der Waals surface area (Å²) in [6.45, 7) is 1.18. The van der Waals surface area contributed by atoms with Crippen molar-refractivity contribution in [3.8, 4) is 0 Å². The molecule has 1 aromatic rings. The number of hydrogen-bond donors (Lipinski definition) is 2. The number of aromatic nitrogens is 1. The molecule has 2 N–H and O–H groups in total. The minimum absolute atomic E-state index is 0.0570. The molecule has 0 spiro atoms. The Balaban J connectivity index is 1.84. The lowest BCUT2D eigenvalue weighted by Crippen LogP contribution is -2.35. The van der Waals surface area contributed by atoms with Crippen LogP contribution in [0.3, 0.4) is 0 Å². The van der Waals surface area contributed by atoms with Crippen LogP contribution in [-0.2, 0) is 4.74 Å². The standard InChI is InChI=1S/C11H14N2O4S/c14-9(10-13-8(6-18-10)11(15)16)12-5-7-3-1-2-4-17-7/h6-7H,1-5H2,(H,12,14)(H,15,16). The average Bonchev–Trinajstić information content (AvgIpc) is 2.87. The summed E-state index contributed by atoms with van der Waals surface area (Å²) in [5.74, 6) is -1.47. The Kier molecular flexibility index (Phi) is 4.27. The minimum Gasteiger partial charge on any atom is -0.476 e. The van der Waals surface area contributed by atoms with E-state index in [0.29, 0.717) is 6.54 Å². The fourth-order valence-corrected chi connectivity index (χ4v) is 2.43. The molecule has 1 atom stereocenters. The molecule has 1 fully saturated rings. The van der Waals surface area contributed by atoms with Crippen molar-refractivity contribution < 1.29 is 19.4 Å². The van der Waals surface area contributed by atoms with Gasteiger partial charge in [0.15, 0.2) is 10.7 Å². The molecule has 1 unspecified atom stereocenters. The maximum atomic E-state index is 11.7. The van der Waals surface area contributed by atoms with Crippen molar-refractivity contribution >= 4 is 23.2 Å². The molecule has 6 nitrogen and oxygen atoms in total. The van der Waals surface area contributed by atoms with Crippen LogP contribution in [0.5, 0.6) is 0 Å². The molecule has 1 aliphatic rings. The van der Waals surface area contributed by atoms with Crippen molar-refractivity contribution in [2.24, 2.45) is 0 Å². The van der Waals surface area contributed by atoms with Crippen LogP contribution >= 0.6 is 11.3 Å². The number of carboxylic acids is 1. The molecule has 0 saturated carbocycles. The molecule has 18 heavy (non-hydrogen) atoms. The predicted octanol–water partition coefficient (Wildman–Crippen LogP) is 1.14. The van der Waals surface area contributed by atoms with E-state index in [1.165, 1.54) is 5.38 Å². The highest BCUT2D eigenvalue weighted by Gasteiger charge is 2.18. The van der Waals surface area contributed by atoms with Gasteiger partial charge in [0.1, 0.15) is 0 Å². The van der Waals surface area contributed by atoms with E-state index >= 15 is 0 Å². The number of aromatic carboxylic acids is 1. The van der Waals surface area contributed by atoms with E-state index in [1.807, 2.05) is 0 Å². The number of thiazole rings is 1. The lowest BCUT2D eigenvalue weighted by Gasteiger charge is -2.22. The van der Waals surface area contributed by atoms with Crippen molar-refractivity contribution in [1.29, 1.82) is 0 Å². The monoisotopic (exact) mass is 270 g/mol. The van der Waals surface area contributed by atoms with E-state index in [4.69, 9.17) is 9.84 Å². The minimum atomic E-state index is -1.12. The van der Waals surface area contributed by atoms with E-state index in [0.717, 1.165) is 37.2 Å². The zero-order valence-corrected chi connectivity index (χ0v) is 10.5. The van der Waals surface area contributed by atoms with Crippen LogP contribution in [0.1, 0.15) is 39.6 Å². The number of rotatable bonds is 4. The number of ether oxygens (including phenoxy) is 1. The Bertz CT molecular complexity index is 440. The number of carbonyl (C=O) groups is 2. The Morgan fingerprint density at radius 3 is 3.00 bits per heavy atom. The molecule has 2 rings (SSSR count). The number of carbonyl (C=O) groups excluding carboxylic acids is 1. The molecule has 2 heterocycles. The molecule has 1 aromatic heterocycles. The Morgan fingerprint density at radius 1 is 1.56 bits per heavy atom. The molecule has 1 aliphatic heterocycles. The summed E-state index contributed by atoms with van der Waals surface area (Å²) in [4.78, 5) is 26.1. The summed E-state index contributed by atoms with van der Waals surface area (Å²) in [5, 5.41) is 12.9. The van der Waals surface area contributed by atoms with Crippen molar-refractivity contribution in [3.63, 3.8) is 0 Å². The van der Waals surface area contributed by atoms with Crippen LogP contribution in [0, 0.1) is 0 Å². The smallest absolute Gasteiger partial charge is 0.355 e. The van der Waals surface area contributed by atoms with Gasteiger partial charge < -0.3 is 15.2 Å². The van der Waals surface area contributed by atoms with Crippen LogP contribution in [0.25, 0.3) is 0 Å². The van der Waals surface area contributed by atoms with E-state index < -0.39 is 5.97 Å². The Hall–Kier alpha value is -1.47. The molecule has 0 radical (unpaired) electrons. The van der Waals surface area contributed by atoms with Gasteiger partial charge in [0.05, 0.1) is 6.10 Å². The maximum absolute atomic E-state index is 11.7. The highest BCUT2D eigenvalue weighted by molar-refractivity contribution is 7.11. The van der Waals surface area contributed by atoms with Gasteiger partial charge in [-0.15, -0.1) is 11.3 Å². The van der Waals surface area contributed by atoms with Crippen LogP contribution in [0.4, 0.5) is 0 Å². The second-order valence-electron chi connectivity index (χ2n) is 4.04. The highest BCUT2D eigenvalue weighted by atomic mass is 32.1. The summed E-state index contributed by atoms with van der Waals surface area (Å²) in [6, 6.07) is 0. The zero-order chi connectivity index (χ0) is 13.0. The van der Waals surface area contributed by atoms with Crippen molar-refractivity contribution in [3.05, 3.63) is 16.1 Å². The van der Waals surface area contributed by atoms with E-state index in [1.54, 1.807) is 0 Å². The molecule has 0 aliphatic carbocycles. The Morgan fingerprint density at radius 2 is 2.39 bits per heavy atom. The van der Waals surface area contributed by atoms with Gasteiger partial charge in [-0.3, -0.25) is 4.79 Å². The zero-order valence-electron chi connectivity index (χ0n) is 9.72. The van der Waals surface area contributed by atoms with Crippen molar-refractivity contribution in [2.75, 3.05) is 13.2 Å². The molecule has 98 valence electrons. The van der Waals surface area contributed by atoms with Gasteiger partial charge in [-0.2, -0.15) is 0 Å². The van der Waals surface area contributed by atoms with Crippen molar-refractivity contribution in [1.82, 2.24) is 10.3 Å². The average molecular weight is 270 g/mol. The van der Waals surface area contributed by atoms with Crippen LogP contribution < -0.4 is 5.32 Å². The number of amides is 1. The van der Waals surface area contributed by atoms with Crippen LogP contribution in [-0.4, -0.2) is 41.2 Å². The van der Waals surface area contributed by atoms with Gasteiger partial charge in [-0.25, -0.2) is 9.78 Å². The first kappa shape index (κ1) is 13.0. The molecular weight excluding hydrogens is 256 g/mol. The van der Waals surface area contributed by atoms with Crippen molar-refractivity contribution in [2.45, 2.75) is 25.4 Å². The molecule has 0 aromatic carbocycles. The highest BCUT2D eigenvalue weighted by Crippen LogP contribution is 2.13. The lowest BCUT2D eigenvalue weighted by molar-refractivity contribution is 0.0169. The number of hydrogen-bond acceptors (Lipinski definition) is 5. The van der Waals surface area contributed by atoms with Gasteiger partial charge >= 0.3 is 5.97 Å². The third kappa shape index (κ3) is 3.27. The second-order valence-corrected chi connectivity index (χ2v) is 4.90. The molecule has 0 bridgehead atoms. The summed E-state index contributed by atoms with van der Waals surface area (Å²) < 4.78 is 5.48. The number of nitrogens with zero attached hydrogens (tertiary/aromatic N) is 1. The SMILES string of the molecule is O=C(O)c1csc(C(=O)NCC2CCCCO2)n1. The summed E-state index contributed by atoms with van der Waals surface area (Å²) in [5.41, 5.74) is -0.0981. The topological polar surface area (TPSA) is 88.5 Å². The van der Waals surface area contributed by atoms with Gasteiger partial charge in [-0.05, 0) is 19.3 Å². The van der Waals surface area contributed by atoms with Gasteiger partial charge in [0.2, 0.25) is 0 Å². The third-order valence-electron chi connectivity index (χ3n) is 2.68. The first-order valence-corrected chi connectivity index (χ1v) is 6.63. The van der Waals surface area contributed by atoms with E-state index in [-0.39, 0.29) is 22.7 Å². The molecule has 7 heteroatoms. The lowest BCUT2D eigenvalue weighted by atomic mass is 10.1. The first-order chi connectivity index (χ1) is 8.66. The maximum Gasteiger partial charge on any atom is 0.355 e. The quantitative estimate of drug-likeness (QED) is 0.856. The second kappa shape index (κ2) is 5.92. The summed E-state index contributed by atoms with van der Waals surface area (Å²) >= 11 is 1.03. The van der Waals surface area contributed by atoms with Crippen LogP contribution in [0.15, 0.2) is 5.38 Å². The molecule has 1 saturated heterocycles. The van der Waals surface area contributed by atoms with E-state index in [9.17, 15) is 9.59 Å². The fraction of sp³-hybridized carbons (Fsp3) is 0.545. The number of carboxylic acid groups (broad SMARTS) is 1. The van der Waals surface area contributed by atoms with Crippen LogP contribution in [0.2, 0.25) is 0 Å².